The molecular weight excluding hydrogens is 298 g/mol. The Bertz CT molecular complexity index is 422. The van der Waals surface area contributed by atoms with Gasteiger partial charge in [-0.3, -0.25) is 0 Å². The van der Waals surface area contributed by atoms with Crippen LogP contribution >= 0.6 is 0 Å². The lowest BCUT2D eigenvalue weighted by Gasteiger charge is -2.31. The van der Waals surface area contributed by atoms with Crippen LogP contribution in [-0.4, -0.2) is 51.9 Å². The van der Waals surface area contributed by atoms with Gasteiger partial charge in [-0.1, -0.05) is 6.08 Å². The summed E-state index contributed by atoms with van der Waals surface area (Å²) >= 11 is 0. The molecule has 0 heterocycles. The van der Waals surface area contributed by atoms with Crippen molar-refractivity contribution in [2.24, 2.45) is 0 Å². The van der Waals surface area contributed by atoms with Gasteiger partial charge < -0.3 is 25.0 Å². The van der Waals surface area contributed by atoms with Crippen LogP contribution in [-0.2, 0) is 9.47 Å². The molecule has 4 atom stereocenters. The van der Waals surface area contributed by atoms with Crippen molar-refractivity contribution in [2.45, 2.75) is 89.9 Å². The second kappa shape index (κ2) is 7.64. The molecule has 134 valence electrons. The van der Waals surface area contributed by atoms with Crippen molar-refractivity contribution in [1.29, 1.82) is 0 Å². The summed E-state index contributed by atoms with van der Waals surface area (Å²) in [6, 6.07) is 0. The lowest BCUT2D eigenvalue weighted by molar-refractivity contribution is -0.0807. The summed E-state index contributed by atoms with van der Waals surface area (Å²) in [5.41, 5.74) is -0.780. The standard InChI is InChI=1S/C17H31NO5/c1-16(2,3)18-15(21)22-11-7-8-12(23-17(4,5)6)10-14(20)13(19)9-11/h7-8,11-14,19-20H,9-10H2,1-6H3,(H,18,21)/b8-7+. The Balaban J connectivity index is 2.77. The van der Waals surface area contributed by atoms with E-state index in [4.69, 9.17) is 9.47 Å². The molecule has 0 spiro atoms. The van der Waals surface area contributed by atoms with E-state index in [-0.39, 0.29) is 18.1 Å². The van der Waals surface area contributed by atoms with Gasteiger partial charge in [0.15, 0.2) is 0 Å². The van der Waals surface area contributed by atoms with E-state index in [2.05, 4.69) is 5.32 Å². The first-order valence-corrected chi connectivity index (χ1v) is 8.07. The first kappa shape index (κ1) is 19.9. The zero-order chi connectivity index (χ0) is 17.8. The highest BCUT2D eigenvalue weighted by molar-refractivity contribution is 5.68. The minimum absolute atomic E-state index is 0.150. The maximum Gasteiger partial charge on any atom is 0.408 e. The Hall–Kier alpha value is -1.11. The van der Waals surface area contributed by atoms with Crippen molar-refractivity contribution >= 4 is 6.09 Å². The van der Waals surface area contributed by atoms with E-state index in [0.29, 0.717) is 6.42 Å². The molecule has 0 radical (unpaired) electrons. The number of nitrogens with one attached hydrogen (secondary N) is 1. The van der Waals surface area contributed by atoms with Crippen LogP contribution in [0.5, 0.6) is 0 Å². The fourth-order valence-electron chi connectivity index (χ4n) is 2.30. The number of carbonyl (C=O) groups excluding carboxylic acids is 1. The van der Waals surface area contributed by atoms with Crippen molar-refractivity contribution in [3.63, 3.8) is 0 Å². The van der Waals surface area contributed by atoms with E-state index < -0.39 is 29.9 Å². The van der Waals surface area contributed by atoms with Crippen LogP contribution in [0, 0.1) is 0 Å². The number of aliphatic hydroxyl groups is 2. The summed E-state index contributed by atoms with van der Waals surface area (Å²) in [5, 5.41) is 22.8. The molecular formula is C17H31NO5. The molecule has 3 N–H and O–H groups in total. The Kier molecular flexibility index (Phi) is 6.62. The van der Waals surface area contributed by atoms with Crippen LogP contribution < -0.4 is 5.32 Å². The van der Waals surface area contributed by atoms with Crippen molar-refractivity contribution in [3.8, 4) is 0 Å². The van der Waals surface area contributed by atoms with Gasteiger partial charge >= 0.3 is 6.09 Å². The smallest absolute Gasteiger partial charge is 0.408 e. The summed E-state index contributed by atoms with van der Waals surface area (Å²) in [5.74, 6) is 0. The third-order valence-electron chi connectivity index (χ3n) is 3.17. The molecule has 0 aromatic heterocycles. The van der Waals surface area contributed by atoms with Crippen LogP contribution in [0.3, 0.4) is 0 Å². The van der Waals surface area contributed by atoms with Gasteiger partial charge in [-0.2, -0.15) is 0 Å². The van der Waals surface area contributed by atoms with Gasteiger partial charge in [0.1, 0.15) is 6.10 Å². The van der Waals surface area contributed by atoms with Gasteiger partial charge in [-0.25, -0.2) is 4.79 Å². The molecule has 0 aromatic rings. The first-order chi connectivity index (χ1) is 10.4. The molecule has 0 aromatic carbocycles. The number of aliphatic hydroxyl groups excluding tert-OH is 2. The molecule has 1 rings (SSSR count). The molecule has 0 aliphatic heterocycles. The van der Waals surface area contributed by atoms with E-state index in [1.165, 1.54) is 0 Å². The first-order valence-electron chi connectivity index (χ1n) is 8.07. The van der Waals surface area contributed by atoms with E-state index in [1.807, 2.05) is 41.5 Å². The lowest BCUT2D eigenvalue weighted by Crippen LogP contribution is -2.43. The summed E-state index contributed by atoms with van der Waals surface area (Å²) < 4.78 is 11.2. The second-order valence-electron chi connectivity index (χ2n) is 8.08. The van der Waals surface area contributed by atoms with Gasteiger partial charge in [-0.05, 0) is 47.6 Å². The molecule has 4 unspecified atom stereocenters. The summed E-state index contributed by atoms with van der Waals surface area (Å²) in [6.07, 6.45) is 0.534. The average Bonchev–Trinajstić information content (AvgIpc) is 2.29. The fourth-order valence-corrected chi connectivity index (χ4v) is 2.30. The monoisotopic (exact) mass is 329 g/mol. The van der Waals surface area contributed by atoms with Crippen LogP contribution in [0.15, 0.2) is 12.2 Å². The van der Waals surface area contributed by atoms with Gasteiger partial charge in [0.2, 0.25) is 0 Å². The van der Waals surface area contributed by atoms with Crippen molar-refractivity contribution < 1.29 is 24.5 Å². The van der Waals surface area contributed by atoms with Crippen LogP contribution in [0.25, 0.3) is 0 Å². The quantitative estimate of drug-likeness (QED) is 0.676. The van der Waals surface area contributed by atoms with E-state index in [0.717, 1.165) is 0 Å². The molecule has 0 saturated carbocycles. The van der Waals surface area contributed by atoms with E-state index in [1.54, 1.807) is 12.2 Å². The Labute approximate surface area is 138 Å². The number of ether oxygens (including phenoxy) is 2. The van der Waals surface area contributed by atoms with Gasteiger partial charge in [0.25, 0.3) is 0 Å². The Morgan fingerprint density at radius 3 is 1.96 bits per heavy atom. The maximum absolute atomic E-state index is 11.9. The van der Waals surface area contributed by atoms with Crippen LogP contribution in [0.2, 0.25) is 0 Å². The normalized spacial score (nSPS) is 31.0. The molecule has 0 bridgehead atoms. The highest BCUT2D eigenvalue weighted by atomic mass is 16.6. The minimum atomic E-state index is -0.974. The number of alkyl carbamates (subject to hydrolysis) is 1. The third-order valence-corrected chi connectivity index (χ3v) is 3.17. The molecule has 0 fully saturated rings. The predicted octanol–water partition coefficient (Wildman–Crippen LogP) is 2.14. The number of hydrogen-bond acceptors (Lipinski definition) is 5. The second-order valence-corrected chi connectivity index (χ2v) is 8.08. The largest absolute Gasteiger partial charge is 0.442 e. The maximum atomic E-state index is 11.9. The number of rotatable bonds is 2. The molecule has 6 heteroatoms. The molecule has 23 heavy (non-hydrogen) atoms. The van der Waals surface area contributed by atoms with Crippen molar-refractivity contribution in [1.82, 2.24) is 5.32 Å². The van der Waals surface area contributed by atoms with Crippen molar-refractivity contribution in [3.05, 3.63) is 12.2 Å². The molecule has 1 aliphatic rings. The minimum Gasteiger partial charge on any atom is -0.442 e. The van der Waals surface area contributed by atoms with E-state index >= 15 is 0 Å². The predicted molar refractivity (Wildman–Crippen MR) is 88.2 cm³/mol. The van der Waals surface area contributed by atoms with Crippen LogP contribution in [0.1, 0.15) is 54.4 Å². The Morgan fingerprint density at radius 1 is 1.00 bits per heavy atom. The SMILES string of the molecule is CC(C)(C)NC(=O)OC1/C=C/C(OC(C)(C)C)CC(O)C(O)C1. The van der Waals surface area contributed by atoms with Gasteiger partial charge in [0, 0.05) is 18.4 Å². The molecule has 1 amide bonds. The summed E-state index contributed by atoms with van der Waals surface area (Å²) in [4.78, 5) is 11.9. The highest BCUT2D eigenvalue weighted by Gasteiger charge is 2.29. The lowest BCUT2D eigenvalue weighted by atomic mass is 9.96. The molecule has 1 aliphatic carbocycles. The fraction of sp³-hybridized carbons (Fsp3) is 0.824. The summed E-state index contributed by atoms with van der Waals surface area (Å²) in [7, 11) is 0. The van der Waals surface area contributed by atoms with E-state index in [9.17, 15) is 15.0 Å². The molecule has 6 nitrogen and oxygen atoms in total. The van der Waals surface area contributed by atoms with Crippen LogP contribution in [0.4, 0.5) is 4.79 Å². The number of hydrogen-bond donors (Lipinski definition) is 3. The van der Waals surface area contributed by atoms with Gasteiger partial charge in [0.05, 0.1) is 23.9 Å². The third kappa shape index (κ3) is 8.34. The number of carbonyl (C=O) groups is 1. The highest BCUT2D eigenvalue weighted by Crippen LogP contribution is 2.22. The Morgan fingerprint density at radius 2 is 1.48 bits per heavy atom. The topological polar surface area (TPSA) is 88.0 Å². The zero-order valence-corrected chi connectivity index (χ0v) is 15.0. The average molecular weight is 329 g/mol. The van der Waals surface area contributed by atoms with Gasteiger partial charge in [-0.15, -0.1) is 0 Å². The van der Waals surface area contributed by atoms with Crippen molar-refractivity contribution in [2.75, 3.05) is 0 Å². The zero-order valence-electron chi connectivity index (χ0n) is 15.0. The summed E-state index contributed by atoms with van der Waals surface area (Å²) in [6.45, 7) is 11.3. The molecule has 0 saturated heterocycles. The number of amides is 1.